The molecule has 1 saturated heterocycles. The smallest absolute Gasteiger partial charge is 0.264 e. The Morgan fingerprint density at radius 2 is 1.77 bits per heavy atom. The molecule has 2 aliphatic rings. The molecule has 4 rings (SSSR count). The van der Waals surface area contributed by atoms with Crippen molar-refractivity contribution in [1.82, 2.24) is 4.90 Å². The van der Waals surface area contributed by atoms with Crippen LogP contribution in [-0.2, 0) is 21.2 Å². The lowest BCUT2D eigenvalue weighted by molar-refractivity contribution is -0.134. The summed E-state index contributed by atoms with van der Waals surface area (Å²) in [5.74, 6) is 0.229. The van der Waals surface area contributed by atoms with Gasteiger partial charge in [-0.05, 0) is 61.9 Å². The molecule has 0 radical (unpaired) electrons. The van der Waals surface area contributed by atoms with E-state index in [9.17, 15) is 13.2 Å². The first-order valence-electron chi connectivity index (χ1n) is 10.3. The minimum absolute atomic E-state index is 0.0765. The number of nitrogens with zero attached hydrogens (tertiary/aromatic N) is 2. The largest absolute Gasteiger partial charge is 0.482 e. The summed E-state index contributed by atoms with van der Waals surface area (Å²) < 4.78 is 33.5. The maximum Gasteiger partial charge on any atom is 0.264 e. The van der Waals surface area contributed by atoms with E-state index in [2.05, 4.69) is 0 Å². The van der Waals surface area contributed by atoms with Gasteiger partial charge in [-0.2, -0.15) is 0 Å². The number of benzene rings is 2. The molecule has 30 heavy (non-hydrogen) atoms. The summed E-state index contributed by atoms with van der Waals surface area (Å²) in [6, 6.07) is 12.0. The second-order valence-electron chi connectivity index (χ2n) is 7.63. The van der Waals surface area contributed by atoms with Gasteiger partial charge in [0.1, 0.15) is 5.75 Å². The number of amides is 1. The van der Waals surface area contributed by atoms with E-state index in [-0.39, 0.29) is 22.4 Å². The summed E-state index contributed by atoms with van der Waals surface area (Å²) in [7, 11) is -3.74. The second kappa shape index (κ2) is 8.86. The number of fused-ring (bicyclic) bond motifs is 1. The van der Waals surface area contributed by atoms with Gasteiger partial charge in [-0.3, -0.25) is 9.10 Å². The van der Waals surface area contributed by atoms with E-state index in [0.29, 0.717) is 18.0 Å². The minimum atomic E-state index is -3.74. The quantitative estimate of drug-likeness (QED) is 0.696. The highest BCUT2D eigenvalue weighted by atomic mass is 35.5. The number of hydrogen-bond donors (Lipinski definition) is 0. The van der Waals surface area contributed by atoms with Crippen molar-refractivity contribution in [1.29, 1.82) is 0 Å². The van der Waals surface area contributed by atoms with Gasteiger partial charge in [0.15, 0.2) is 6.61 Å². The van der Waals surface area contributed by atoms with Gasteiger partial charge >= 0.3 is 0 Å². The molecule has 0 aromatic heterocycles. The Bertz CT molecular complexity index is 1040. The van der Waals surface area contributed by atoms with Gasteiger partial charge in [0.25, 0.3) is 15.9 Å². The molecule has 0 saturated carbocycles. The molecule has 8 heteroatoms. The Morgan fingerprint density at radius 1 is 1.00 bits per heavy atom. The molecule has 2 aliphatic heterocycles. The molecule has 1 amide bonds. The van der Waals surface area contributed by atoms with Crippen molar-refractivity contribution in [2.24, 2.45) is 0 Å². The SMILES string of the molecule is O=C(COc1ccc(S(=O)(=O)N2CCCc3ccccc32)cc1Cl)N1CCCCC1. The number of halogens is 1. The van der Waals surface area contributed by atoms with E-state index in [4.69, 9.17) is 16.3 Å². The van der Waals surface area contributed by atoms with E-state index in [1.54, 1.807) is 4.90 Å². The first kappa shape index (κ1) is 21.0. The van der Waals surface area contributed by atoms with Crippen LogP contribution in [0.2, 0.25) is 5.02 Å². The molecule has 2 aromatic carbocycles. The molecule has 2 aromatic rings. The highest BCUT2D eigenvalue weighted by Crippen LogP contribution is 2.34. The number of carbonyl (C=O) groups is 1. The van der Waals surface area contributed by atoms with Gasteiger partial charge in [-0.25, -0.2) is 8.42 Å². The van der Waals surface area contributed by atoms with Gasteiger partial charge in [-0.1, -0.05) is 29.8 Å². The summed E-state index contributed by atoms with van der Waals surface area (Å²) in [5, 5.41) is 0.174. The van der Waals surface area contributed by atoms with Crippen LogP contribution in [0, 0.1) is 0 Å². The summed E-state index contributed by atoms with van der Waals surface area (Å²) >= 11 is 6.31. The predicted octanol–water partition coefficient (Wildman–Crippen LogP) is 3.87. The molecule has 6 nitrogen and oxygen atoms in total. The van der Waals surface area contributed by atoms with E-state index in [1.807, 2.05) is 24.3 Å². The van der Waals surface area contributed by atoms with Crippen molar-refractivity contribution >= 4 is 33.2 Å². The maximum absolute atomic E-state index is 13.3. The molecular weight excluding hydrogens is 424 g/mol. The number of hydrogen-bond acceptors (Lipinski definition) is 4. The Hall–Kier alpha value is -2.25. The lowest BCUT2D eigenvalue weighted by Gasteiger charge is -2.30. The highest BCUT2D eigenvalue weighted by Gasteiger charge is 2.29. The molecular formula is C22H25ClN2O4S. The van der Waals surface area contributed by atoms with Gasteiger partial charge in [0, 0.05) is 19.6 Å². The Morgan fingerprint density at radius 3 is 2.53 bits per heavy atom. The summed E-state index contributed by atoms with van der Waals surface area (Å²) in [4.78, 5) is 14.2. The van der Waals surface area contributed by atoms with Crippen LogP contribution in [0.25, 0.3) is 0 Å². The van der Waals surface area contributed by atoms with Crippen LogP contribution in [0.3, 0.4) is 0 Å². The number of sulfonamides is 1. The Balaban J connectivity index is 1.49. The van der Waals surface area contributed by atoms with Crippen LogP contribution in [0.1, 0.15) is 31.2 Å². The first-order valence-corrected chi connectivity index (χ1v) is 12.1. The molecule has 0 N–H and O–H groups in total. The summed E-state index contributed by atoms with van der Waals surface area (Å²) in [6.45, 7) is 1.83. The number of likely N-dealkylation sites (tertiary alicyclic amines) is 1. The standard InChI is InChI=1S/C22H25ClN2O4S/c23-19-15-18(10-11-21(19)29-16-22(26)24-12-4-1-5-13-24)30(27,28)25-14-6-8-17-7-2-3-9-20(17)25/h2-3,7,9-11,15H,1,4-6,8,12-14,16H2. The van der Waals surface area contributed by atoms with Crippen molar-refractivity contribution in [3.05, 3.63) is 53.1 Å². The van der Waals surface area contributed by atoms with E-state index in [1.165, 1.54) is 22.5 Å². The number of para-hydroxylation sites is 1. The van der Waals surface area contributed by atoms with Crippen molar-refractivity contribution in [3.63, 3.8) is 0 Å². The van der Waals surface area contributed by atoms with Gasteiger partial charge < -0.3 is 9.64 Å². The number of ether oxygens (including phenoxy) is 1. The lowest BCUT2D eigenvalue weighted by atomic mass is 10.0. The number of carbonyl (C=O) groups excluding carboxylic acids is 1. The number of aryl methyl sites for hydroxylation is 1. The lowest BCUT2D eigenvalue weighted by Crippen LogP contribution is -2.38. The zero-order chi connectivity index (χ0) is 21.1. The monoisotopic (exact) mass is 448 g/mol. The van der Waals surface area contributed by atoms with E-state index < -0.39 is 10.0 Å². The number of rotatable bonds is 5. The molecule has 0 aliphatic carbocycles. The fourth-order valence-electron chi connectivity index (χ4n) is 4.01. The fourth-order valence-corrected chi connectivity index (χ4v) is 5.88. The van der Waals surface area contributed by atoms with Crippen molar-refractivity contribution in [3.8, 4) is 5.75 Å². The van der Waals surface area contributed by atoms with Crippen molar-refractivity contribution in [2.45, 2.75) is 37.0 Å². The number of anilines is 1. The summed E-state index contributed by atoms with van der Waals surface area (Å²) in [5.41, 5.74) is 1.74. The topological polar surface area (TPSA) is 66.9 Å². The van der Waals surface area contributed by atoms with Crippen LogP contribution >= 0.6 is 11.6 Å². The molecule has 0 spiro atoms. The van der Waals surface area contributed by atoms with Crippen LogP contribution in [0.4, 0.5) is 5.69 Å². The third-order valence-electron chi connectivity index (χ3n) is 5.62. The molecule has 160 valence electrons. The molecule has 0 unspecified atom stereocenters. The van der Waals surface area contributed by atoms with Crippen LogP contribution in [0.5, 0.6) is 5.75 Å². The van der Waals surface area contributed by atoms with Crippen LogP contribution < -0.4 is 9.04 Å². The molecule has 0 atom stereocenters. The highest BCUT2D eigenvalue weighted by molar-refractivity contribution is 7.92. The first-order chi connectivity index (χ1) is 14.5. The zero-order valence-electron chi connectivity index (χ0n) is 16.7. The van der Waals surface area contributed by atoms with Crippen molar-refractivity contribution in [2.75, 3.05) is 30.5 Å². The maximum atomic E-state index is 13.3. The third kappa shape index (κ3) is 4.27. The zero-order valence-corrected chi connectivity index (χ0v) is 18.3. The number of piperidine rings is 1. The molecule has 0 bridgehead atoms. The fraction of sp³-hybridized carbons (Fsp3) is 0.409. The second-order valence-corrected chi connectivity index (χ2v) is 9.90. The Kier molecular flexibility index (Phi) is 6.20. The van der Waals surface area contributed by atoms with Gasteiger partial charge in [-0.15, -0.1) is 0 Å². The van der Waals surface area contributed by atoms with E-state index >= 15 is 0 Å². The van der Waals surface area contributed by atoms with Gasteiger partial charge in [0.2, 0.25) is 0 Å². The van der Waals surface area contributed by atoms with Crippen LogP contribution in [0.15, 0.2) is 47.4 Å². The molecule has 1 fully saturated rings. The minimum Gasteiger partial charge on any atom is -0.482 e. The normalized spacial score (nSPS) is 16.8. The third-order valence-corrected chi connectivity index (χ3v) is 7.72. The average Bonchev–Trinajstić information content (AvgIpc) is 2.78. The van der Waals surface area contributed by atoms with E-state index in [0.717, 1.165) is 50.8 Å². The van der Waals surface area contributed by atoms with Crippen LogP contribution in [-0.4, -0.2) is 45.5 Å². The Labute approximate surface area is 182 Å². The predicted molar refractivity (Wildman–Crippen MR) is 117 cm³/mol. The molecule has 2 heterocycles. The summed E-state index contributed by atoms with van der Waals surface area (Å²) in [6.07, 6.45) is 4.80. The van der Waals surface area contributed by atoms with Crippen molar-refractivity contribution < 1.29 is 17.9 Å². The van der Waals surface area contributed by atoms with Gasteiger partial charge in [0.05, 0.1) is 15.6 Å². The average molecular weight is 449 g/mol.